The Morgan fingerprint density at radius 1 is 1.14 bits per heavy atom. The molecule has 0 spiro atoms. The Bertz CT molecular complexity index is 185. The molecule has 82 valence electrons. The van der Waals surface area contributed by atoms with Crippen LogP contribution >= 0.6 is 0 Å². The molecule has 0 aliphatic heterocycles. The van der Waals surface area contributed by atoms with Crippen LogP contribution in [0.15, 0.2) is 0 Å². The van der Waals surface area contributed by atoms with Crippen LogP contribution in [0, 0.1) is 5.92 Å². The number of Topliss-reactive ketones (excluding diaryl/α,β-unsaturated/α-hetero) is 2. The number of carbonyl (C=O) groups is 2. The van der Waals surface area contributed by atoms with Crippen LogP contribution in [0.3, 0.4) is 0 Å². The summed E-state index contributed by atoms with van der Waals surface area (Å²) in [7, 11) is 0. The molecule has 0 fully saturated rings. The molecule has 0 aromatic carbocycles. The maximum absolute atomic E-state index is 11.1. The monoisotopic (exact) mass is 198 g/mol. The summed E-state index contributed by atoms with van der Waals surface area (Å²) in [6, 6.07) is 0. The molecule has 0 amide bonds. The summed E-state index contributed by atoms with van der Waals surface area (Å²) in [6.07, 6.45) is 6.07. The Morgan fingerprint density at radius 3 is 2.21 bits per heavy atom. The van der Waals surface area contributed by atoms with Crippen molar-refractivity contribution in [1.29, 1.82) is 0 Å². The van der Waals surface area contributed by atoms with Gasteiger partial charge in [-0.2, -0.15) is 0 Å². The van der Waals surface area contributed by atoms with Crippen molar-refractivity contribution in [3.05, 3.63) is 0 Å². The van der Waals surface area contributed by atoms with E-state index in [0.29, 0.717) is 12.3 Å². The fraction of sp³-hybridized carbons (Fsp3) is 0.833. The van der Waals surface area contributed by atoms with Crippen molar-refractivity contribution in [1.82, 2.24) is 0 Å². The Balaban J connectivity index is 3.71. The third-order valence-corrected chi connectivity index (χ3v) is 2.72. The number of hydrogen-bond donors (Lipinski definition) is 0. The molecule has 0 aliphatic carbocycles. The Hall–Kier alpha value is -0.660. The van der Waals surface area contributed by atoms with Crippen molar-refractivity contribution < 1.29 is 9.59 Å². The molecule has 2 heteroatoms. The fourth-order valence-corrected chi connectivity index (χ4v) is 1.56. The van der Waals surface area contributed by atoms with Gasteiger partial charge in [0.1, 0.15) is 0 Å². The summed E-state index contributed by atoms with van der Waals surface area (Å²) >= 11 is 0. The first-order valence-corrected chi connectivity index (χ1v) is 5.65. The van der Waals surface area contributed by atoms with Crippen LogP contribution in [-0.2, 0) is 9.59 Å². The Morgan fingerprint density at radius 2 is 1.79 bits per heavy atom. The lowest BCUT2D eigenvalue weighted by Crippen LogP contribution is -2.11. The van der Waals surface area contributed by atoms with E-state index < -0.39 is 0 Å². The number of unbranched alkanes of at least 4 members (excludes halogenated alkanes) is 1. The molecule has 0 radical (unpaired) electrons. The smallest absolute Gasteiger partial charge is 0.198 e. The minimum atomic E-state index is -0.296. The van der Waals surface area contributed by atoms with Crippen molar-refractivity contribution in [3.63, 3.8) is 0 Å². The van der Waals surface area contributed by atoms with E-state index in [4.69, 9.17) is 0 Å². The number of hydrogen-bond acceptors (Lipinski definition) is 2. The molecule has 1 unspecified atom stereocenters. The zero-order valence-electron chi connectivity index (χ0n) is 9.64. The van der Waals surface area contributed by atoms with E-state index in [1.54, 1.807) is 0 Å². The summed E-state index contributed by atoms with van der Waals surface area (Å²) < 4.78 is 0. The summed E-state index contributed by atoms with van der Waals surface area (Å²) in [4.78, 5) is 21.8. The van der Waals surface area contributed by atoms with Gasteiger partial charge >= 0.3 is 0 Å². The average molecular weight is 198 g/mol. The zero-order chi connectivity index (χ0) is 11.0. The molecule has 0 aromatic rings. The minimum absolute atomic E-state index is 0.208. The molecule has 0 heterocycles. The van der Waals surface area contributed by atoms with Crippen LogP contribution in [0.25, 0.3) is 0 Å². The van der Waals surface area contributed by atoms with Gasteiger partial charge in [0.2, 0.25) is 0 Å². The number of rotatable bonds is 8. The first kappa shape index (κ1) is 13.3. The van der Waals surface area contributed by atoms with Crippen LogP contribution in [0.2, 0.25) is 0 Å². The van der Waals surface area contributed by atoms with Gasteiger partial charge in [0.25, 0.3) is 0 Å². The van der Waals surface area contributed by atoms with E-state index in [9.17, 15) is 9.59 Å². The topological polar surface area (TPSA) is 34.1 Å². The molecule has 0 saturated carbocycles. The minimum Gasteiger partial charge on any atom is -0.291 e. The van der Waals surface area contributed by atoms with Crippen LogP contribution in [0.5, 0.6) is 0 Å². The highest BCUT2D eigenvalue weighted by atomic mass is 16.2. The molecular formula is C12H22O2. The van der Waals surface area contributed by atoms with Crippen LogP contribution in [0.1, 0.15) is 59.3 Å². The van der Waals surface area contributed by atoms with Crippen molar-refractivity contribution in [2.75, 3.05) is 0 Å². The first-order valence-electron chi connectivity index (χ1n) is 5.65. The molecule has 0 aromatic heterocycles. The van der Waals surface area contributed by atoms with Gasteiger partial charge in [-0.1, -0.05) is 39.5 Å². The molecule has 2 nitrogen and oxygen atoms in total. The first-order chi connectivity index (χ1) is 6.61. The van der Waals surface area contributed by atoms with Crippen molar-refractivity contribution >= 4 is 11.6 Å². The van der Waals surface area contributed by atoms with Gasteiger partial charge in [-0.15, -0.1) is 0 Å². The lowest BCUT2D eigenvalue weighted by Gasteiger charge is -2.12. The van der Waals surface area contributed by atoms with Crippen molar-refractivity contribution in [2.24, 2.45) is 5.92 Å². The summed E-state index contributed by atoms with van der Waals surface area (Å²) in [6.45, 7) is 5.68. The Kier molecular flexibility index (Phi) is 7.35. The second-order valence-electron chi connectivity index (χ2n) is 3.93. The molecule has 1 atom stereocenters. The summed E-state index contributed by atoms with van der Waals surface area (Å²) in [5.74, 6) is 0.119. The lowest BCUT2D eigenvalue weighted by atomic mass is 9.93. The predicted octanol–water partition coefficient (Wildman–Crippen LogP) is 3.14. The van der Waals surface area contributed by atoms with Gasteiger partial charge in [0.15, 0.2) is 11.6 Å². The van der Waals surface area contributed by atoms with E-state index >= 15 is 0 Å². The summed E-state index contributed by atoms with van der Waals surface area (Å²) in [5, 5.41) is 0. The second kappa shape index (κ2) is 7.72. The van der Waals surface area contributed by atoms with Crippen LogP contribution in [0.4, 0.5) is 0 Å². The molecule has 0 aliphatic rings. The number of carbonyl (C=O) groups excluding carboxylic acids is 2. The molecule has 14 heavy (non-hydrogen) atoms. The molecular weight excluding hydrogens is 176 g/mol. The van der Waals surface area contributed by atoms with Gasteiger partial charge < -0.3 is 0 Å². The van der Waals surface area contributed by atoms with Crippen molar-refractivity contribution in [3.8, 4) is 0 Å². The third kappa shape index (κ3) is 5.90. The standard InChI is InChI=1S/C12H22O2/c1-4-6-7-11(5-2)8-9-12(14)10(3)13/h11H,4-9H2,1-3H3. The quantitative estimate of drug-likeness (QED) is 0.561. The maximum atomic E-state index is 11.1. The normalized spacial score (nSPS) is 12.5. The van der Waals surface area contributed by atoms with E-state index in [-0.39, 0.29) is 11.6 Å². The zero-order valence-corrected chi connectivity index (χ0v) is 9.64. The van der Waals surface area contributed by atoms with Crippen molar-refractivity contribution in [2.45, 2.75) is 59.3 Å². The van der Waals surface area contributed by atoms with Gasteiger partial charge in [-0.25, -0.2) is 0 Å². The third-order valence-electron chi connectivity index (χ3n) is 2.72. The largest absolute Gasteiger partial charge is 0.291 e. The van der Waals surface area contributed by atoms with Gasteiger partial charge in [-0.05, 0) is 12.3 Å². The van der Waals surface area contributed by atoms with E-state index in [0.717, 1.165) is 12.8 Å². The van der Waals surface area contributed by atoms with Gasteiger partial charge in [-0.3, -0.25) is 9.59 Å². The average Bonchev–Trinajstić information content (AvgIpc) is 2.17. The highest BCUT2D eigenvalue weighted by molar-refractivity contribution is 6.36. The van der Waals surface area contributed by atoms with Gasteiger partial charge in [0.05, 0.1) is 0 Å². The summed E-state index contributed by atoms with van der Waals surface area (Å²) in [5.41, 5.74) is 0. The SMILES string of the molecule is CCCCC(CC)CCC(=O)C(C)=O. The van der Waals surface area contributed by atoms with E-state index in [2.05, 4.69) is 13.8 Å². The van der Waals surface area contributed by atoms with Crippen LogP contribution < -0.4 is 0 Å². The highest BCUT2D eigenvalue weighted by Gasteiger charge is 2.11. The maximum Gasteiger partial charge on any atom is 0.198 e. The number of ketones is 2. The van der Waals surface area contributed by atoms with Crippen LogP contribution in [-0.4, -0.2) is 11.6 Å². The molecule has 0 bridgehead atoms. The Labute approximate surface area is 87.1 Å². The lowest BCUT2D eigenvalue weighted by molar-refractivity contribution is -0.135. The van der Waals surface area contributed by atoms with Gasteiger partial charge in [0, 0.05) is 13.3 Å². The molecule has 0 saturated heterocycles. The fourth-order valence-electron chi connectivity index (χ4n) is 1.56. The second-order valence-corrected chi connectivity index (χ2v) is 3.93. The predicted molar refractivity (Wildman–Crippen MR) is 58.2 cm³/mol. The highest BCUT2D eigenvalue weighted by Crippen LogP contribution is 2.18. The molecule has 0 N–H and O–H groups in total. The van der Waals surface area contributed by atoms with E-state index in [1.807, 2.05) is 0 Å². The van der Waals surface area contributed by atoms with E-state index in [1.165, 1.54) is 26.2 Å². The molecule has 0 rings (SSSR count).